The molecule has 2 N–H and O–H groups in total. The zero-order valence-electron chi connectivity index (χ0n) is 10.6. The van der Waals surface area contributed by atoms with Crippen LogP contribution in [0, 0.1) is 5.92 Å². The van der Waals surface area contributed by atoms with E-state index in [4.69, 9.17) is 5.11 Å². The summed E-state index contributed by atoms with van der Waals surface area (Å²) >= 11 is 1.14. The number of carboxylic acids is 1. The first kappa shape index (κ1) is 14.2. The lowest BCUT2D eigenvalue weighted by molar-refractivity contribution is -0.137. The van der Waals surface area contributed by atoms with E-state index in [0.717, 1.165) is 24.6 Å². The number of aliphatic carboxylic acids is 1. The molecular weight excluding hydrogens is 268 g/mol. The molecule has 0 aliphatic carbocycles. The maximum atomic E-state index is 12.2. The van der Waals surface area contributed by atoms with Crippen LogP contribution >= 0.6 is 11.8 Å². The van der Waals surface area contributed by atoms with Crippen LogP contribution in [0.25, 0.3) is 0 Å². The van der Waals surface area contributed by atoms with E-state index in [1.165, 1.54) is 0 Å². The average Bonchev–Trinajstić information content (AvgIpc) is 2.82. The van der Waals surface area contributed by atoms with Gasteiger partial charge in [0.25, 0.3) is 5.24 Å². The Hall–Kier alpha value is -1.24. The first-order valence-electron chi connectivity index (χ1n) is 6.50. The molecule has 0 saturated carbocycles. The van der Waals surface area contributed by atoms with Crippen LogP contribution in [0.2, 0.25) is 0 Å². The van der Waals surface area contributed by atoms with Crippen molar-refractivity contribution in [2.75, 3.05) is 18.8 Å². The molecule has 6 nitrogen and oxygen atoms in total. The van der Waals surface area contributed by atoms with E-state index in [1.54, 1.807) is 4.90 Å². The molecule has 19 heavy (non-hydrogen) atoms. The molecule has 2 aliphatic heterocycles. The Morgan fingerprint density at radius 1 is 1.47 bits per heavy atom. The Kier molecular flexibility index (Phi) is 4.68. The van der Waals surface area contributed by atoms with Gasteiger partial charge in [0, 0.05) is 25.3 Å². The molecule has 2 saturated heterocycles. The molecule has 106 valence electrons. The standard InChI is InChI=1S/C12H18N2O4S/c15-10(16)4-3-8-2-1-5-14(6-8)11(17)9-7-19-12(18)13-9/h8-9H,1-7H2,(H,13,18)(H,15,16). The molecule has 0 radical (unpaired) electrons. The normalized spacial score (nSPS) is 27.2. The average molecular weight is 286 g/mol. The Morgan fingerprint density at radius 2 is 2.26 bits per heavy atom. The van der Waals surface area contributed by atoms with Crippen molar-refractivity contribution < 1.29 is 19.5 Å². The molecular formula is C12H18N2O4S. The summed E-state index contributed by atoms with van der Waals surface area (Å²) in [6, 6.07) is -0.407. The van der Waals surface area contributed by atoms with Crippen molar-refractivity contribution in [3.8, 4) is 0 Å². The van der Waals surface area contributed by atoms with Crippen molar-refractivity contribution in [1.29, 1.82) is 0 Å². The zero-order valence-corrected chi connectivity index (χ0v) is 11.4. The van der Waals surface area contributed by atoms with Gasteiger partial charge in [0.15, 0.2) is 0 Å². The summed E-state index contributed by atoms with van der Waals surface area (Å²) in [4.78, 5) is 35.7. The Bertz CT molecular complexity index is 388. The summed E-state index contributed by atoms with van der Waals surface area (Å²) < 4.78 is 0. The van der Waals surface area contributed by atoms with Gasteiger partial charge >= 0.3 is 5.97 Å². The second kappa shape index (κ2) is 6.27. The highest BCUT2D eigenvalue weighted by atomic mass is 32.2. The molecule has 7 heteroatoms. The predicted molar refractivity (Wildman–Crippen MR) is 71.0 cm³/mol. The fraction of sp³-hybridized carbons (Fsp3) is 0.750. The highest BCUT2D eigenvalue weighted by molar-refractivity contribution is 8.14. The highest BCUT2D eigenvalue weighted by Crippen LogP contribution is 2.23. The van der Waals surface area contributed by atoms with Crippen LogP contribution < -0.4 is 5.32 Å². The number of nitrogens with zero attached hydrogens (tertiary/aromatic N) is 1. The van der Waals surface area contributed by atoms with Crippen LogP contribution in [0.1, 0.15) is 25.7 Å². The second-order valence-corrected chi connectivity index (χ2v) is 6.01. The molecule has 2 aliphatic rings. The number of rotatable bonds is 4. The van der Waals surface area contributed by atoms with Gasteiger partial charge in [-0.15, -0.1) is 0 Å². The van der Waals surface area contributed by atoms with Gasteiger partial charge in [0.05, 0.1) is 0 Å². The summed E-state index contributed by atoms with van der Waals surface area (Å²) in [7, 11) is 0. The number of piperidine rings is 1. The molecule has 0 aromatic rings. The van der Waals surface area contributed by atoms with Gasteiger partial charge in [-0.25, -0.2) is 0 Å². The maximum Gasteiger partial charge on any atom is 0.303 e. The molecule has 2 unspecified atom stereocenters. The van der Waals surface area contributed by atoms with Gasteiger partial charge in [-0.2, -0.15) is 0 Å². The summed E-state index contributed by atoms with van der Waals surface area (Å²) in [5, 5.41) is 11.2. The van der Waals surface area contributed by atoms with E-state index in [-0.39, 0.29) is 23.5 Å². The quantitative estimate of drug-likeness (QED) is 0.802. The predicted octanol–water partition coefficient (Wildman–Crippen LogP) is 0.915. The number of hydrogen-bond acceptors (Lipinski definition) is 4. The van der Waals surface area contributed by atoms with Crippen molar-refractivity contribution >= 4 is 28.9 Å². The zero-order chi connectivity index (χ0) is 13.8. The first-order chi connectivity index (χ1) is 9.06. The minimum Gasteiger partial charge on any atom is -0.481 e. The van der Waals surface area contributed by atoms with Gasteiger partial charge in [0.2, 0.25) is 5.91 Å². The minimum absolute atomic E-state index is 0.0293. The van der Waals surface area contributed by atoms with Gasteiger partial charge < -0.3 is 15.3 Å². The van der Waals surface area contributed by atoms with Crippen molar-refractivity contribution in [2.45, 2.75) is 31.7 Å². The van der Waals surface area contributed by atoms with Crippen LogP contribution in [0.3, 0.4) is 0 Å². The fourth-order valence-electron chi connectivity index (χ4n) is 2.57. The lowest BCUT2D eigenvalue weighted by Gasteiger charge is -2.34. The molecule has 2 amide bonds. The van der Waals surface area contributed by atoms with Crippen LogP contribution in [0.5, 0.6) is 0 Å². The van der Waals surface area contributed by atoms with Crippen LogP contribution in [-0.2, 0) is 9.59 Å². The smallest absolute Gasteiger partial charge is 0.303 e. The van der Waals surface area contributed by atoms with Gasteiger partial charge in [-0.3, -0.25) is 14.4 Å². The van der Waals surface area contributed by atoms with E-state index in [1.807, 2.05) is 0 Å². The second-order valence-electron chi connectivity index (χ2n) is 5.02. The number of thioether (sulfide) groups is 1. The fourth-order valence-corrected chi connectivity index (χ4v) is 3.34. The molecule has 2 fully saturated rings. The van der Waals surface area contributed by atoms with Gasteiger partial charge in [-0.1, -0.05) is 11.8 Å². The Balaban J connectivity index is 1.84. The van der Waals surface area contributed by atoms with Crippen molar-refractivity contribution in [2.24, 2.45) is 5.92 Å². The summed E-state index contributed by atoms with van der Waals surface area (Å²) in [6.07, 6.45) is 2.65. The molecule has 0 aromatic heterocycles. The first-order valence-corrected chi connectivity index (χ1v) is 7.48. The number of hydrogen-bond donors (Lipinski definition) is 2. The lowest BCUT2D eigenvalue weighted by atomic mass is 9.93. The van der Waals surface area contributed by atoms with Gasteiger partial charge in [0.1, 0.15) is 6.04 Å². The monoisotopic (exact) mass is 286 g/mol. The topological polar surface area (TPSA) is 86.7 Å². The van der Waals surface area contributed by atoms with Crippen LogP contribution in [-0.4, -0.2) is 52.0 Å². The van der Waals surface area contributed by atoms with E-state index in [0.29, 0.717) is 25.3 Å². The summed E-state index contributed by atoms with van der Waals surface area (Å²) in [5.41, 5.74) is 0. The number of likely N-dealkylation sites (tertiary alicyclic amines) is 1. The third-order valence-electron chi connectivity index (χ3n) is 3.57. The molecule has 0 aromatic carbocycles. The minimum atomic E-state index is -0.789. The van der Waals surface area contributed by atoms with Crippen molar-refractivity contribution in [3.05, 3.63) is 0 Å². The van der Waals surface area contributed by atoms with Gasteiger partial charge in [-0.05, 0) is 25.2 Å². The lowest BCUT2D eigenvalue weighted by Crippen LogP contribution is -2.49. The summed E-state index contributed by atoms with van der Waals surface area (Å²) in [5.74, 6) is -0.0617. The van der Waals surface area contributed by atoms with Crippen LogP contribution in [0.15, 0.2) is 0 Å². The third-order valence-corrected chi connectivity index (χ3v) is 4.45. The van der Waals surface area contributed by atoms with E-state index < -0.39 is 12.0 Å². The third kappa shape index (κ3) is 3.86. The highest BCUT2D eigenvalue weighted by Gasteiger charge is 2.33. The number of carbonyl (C=O) groups is 3. The molecule has 2 atom stereocenters. The molecule has 0 spiro atoms. The number of carboxylic acid groups (broad SMARTS) is 1. The van der Waals surface area contributed by atoms with Crippen LogP contribution in [0.4, 0.5) is 4.79 Å². The largest absolute Gasteiger partial charge is 0.481 e. The van der Waals surface area contributed by atoms with Crippen molar-refractivity contribution in [3.63, 3.8) is 0 Å². The SMILES string of the molecule is O=C(O)CCC1CCCN(C(=O)C2CSC(=O)N2)C1. The molecule has 2 rings (SSSR count). The molecule has 0 bridgehead atoms. The van der Waals surface area contributed by atoms with E-state index >= 15 is 0 Å². The van der Waals surface area contributed by atoms with E-state index in [9.17, 15) is 14.4 Å². The summed E-state index contributed by atoms with van der Waals surface area (Å²) in [6.45, 7) is 1.32. The Morgan fingerprint density at radius 3 is 2.89 bits per heavy atom. The molecule has 2 heterocycles. The maximum absolute atomic E-state index is 12.2. The number of carbonyl (C=O) groups excluding carboxylic acids is 2. The number of amides is 2. The Labute approximate surface area is 115 Å². The number of nitrogens with one attached hydrogen (secondary N) is 1. The van der Waals surface area contributed by atoms with Crippen molar-refractivity contribution in [1.82, 2.24) is 10.2 Å². The van der Waals surface area contributed by atoms with E-state index in [2.05, 4.69) is 5.32 Å².